The van der Waals surface area contributed by atoms with E-state index in [4.69, 9.17) is 0 Å². The molecule has 0 heterocycles. The van der Waals surface area contributed by atoms with Crippen molar-refractivity contribution in [2.75, 3.05) is 0 Å². The zero-order valence-electron chi connectivity index (χ0n) is 1.80. The van der Waals surface area contributed by atoms with Crippen LogP contribution in [0.5, 0.6) is 0 Å². The molecule has 0 aliphatic carbocycles. The molecule has 0 amide bonds. The van der Waals surface area contributed by atoms with Gasteiger partial charge in [-0.3, -0.25) is 0 Å². The van der Waals surface area contributed by atoms with Gasteiger partial charge in [0.25, 0.3) is 0 Å². The van der Waals surface area contributed by atoms with Gasteiger partial charge >= 0.3 is 0 Å². The van der Waals surface area contributed by atoms with Crippen molar-refractivity contribution in [3.8, 4) is 0 Å². The molecule has 0 nitrogen and oxygen atoms in total. The first-order valence-corrected chi connectivity index (χ1v) is 0. The summed E-state index contributed by atoms with van der Waals surface area (Å²) >= 11 is 0. The molecule has 0 aromatic rings. The summed E-state index contributed by atoms with van der Waals surface area (Å²) in [6, 6.07) is 0. The van der Waals surface area contributed by atoms with Gasteiger partial charge in [-0.15, -0.1) is 0 Å². The fourth-order valence-corrected chi connectivity index (χ4v) is 0. The standard InChI is InChI=1S/Bi.Mo.Sb.Si. The Kier molecular flexibility index (Phi) is 134. The van der Waals surface area contributed by atoms with Crippen molar-refractivity contribution >= 4 is 61.6 Å². The SMILES string of the molecule is [Bi].[Mo].[Sb].[Si]. The molecule has 0 spiro atoms. The van der Waals surface area contributed by atoms with E-state index < -0.39 is 0 Å². The maximum absolute atomic E-state index is 0. The van der Waals surface area contributed by atoms with Crippen molar-refractivity contribution in [3.63, 3.8) is 0 Å². The van der Waals surface area contributed by atoms with Crippen LogP contribution in [0.2, 0.25) is 0 Å². The van der Waals surface area contributed by atoms with Gasteiger partial charge in [-0.05, 0) is 0 Å². The van der Waals surface area contributed by atoms with Gasteiger partial charge in [-0.1, -0.05) is 0 Å². The Hall–Kier alpha value is 2.61. The van der Waals surface area contributed by atoms with Crippen molar-refractivity contribution in [1.82, 2.24) is 0 Å². The van der Waals surface area contributed by atoms with Crippen LogP contribution in [0.4, 0.5) is 0 Å². The average Bonchev–Trinajstić information content (AvgIpc) is 0. The van der Waals surface area contributed by atoms with E-state index in [0.717, 1.165) is 0 Å². The molecule has 0 bridgehead atoms. The van der Waals surface area contributed by atoms with Crippen molar-refractivity contribution in [2.45, 2.75) is 0 Å². The van der Waals surface area contributed by atoms with E-state index in [2.05, 4.69) is 0 Å². The van der Waals surface area contributed by atoms with Gasteiger partial charge in [0.15, 0.2) is 0 Å². The molecule has 0 saturated heterocycles. The Morgan fingerprint density at radius 2 is 1.00 bits per heavy atom. The molecule has 0 aliphatic heterocycles. The van der Waals surface area contributed by atoms with Crippen molar-refractivity contribution in [1.29, 1.82) is 0 Å². The number of rotatable bonds is 0. The van der Waals surface area contributed by atoms with E-state index in [1.54, 1.807) is 0 Å². The Labute approximate surface area is 81.3 Å². The zero-order chi connectivity index (χ0) is 0. The monoisotopic (exact) mass is 456 g/mol. The Bertz CT molecular complexity index is 8.00. The largest absolute Gasteiger partial charge is 0 e. The minimum atomic E-state index is 0. The molecule has 0 saturated carbocycles. The van der Waals surface area contributed by atoms with Gasteiger partial charge in [-0.25, -0.2) is 0 Å². The van der Waals surface area contributed by atoms with Crippen LogP contribution in [0.25, 0.3) is 0 Å². The van der Waals surface area contributed by atoms with Crippen LogP contribution in [-0.4, -0.2) is 61.6 Å². The molecule has 10 radical (unpaired) electrons. The van der Waals surface area contributed by atoms with Gasteiger partial charge in [-0.2, -0.15) is 0 Å². The van der Waals surface area contributed by atoms with E-state index in [9.17, 15) is 0 Å². The smallest absolute Gasteiger partial charge is 0 e. The van der Waals surface area contributed by atoms with Gasteiger partial charge in [0, 0.05) is 82.7 Å². The first-order valence-electron chi connectivity index (χ1n) is 0. The third-order valence-corrected chi connectivity index (χ3v) is 0. The van der Waals surface area contributed by atoms with Crippen LogP contribution in [0.1, 0.15) is 0 Å². The van der Waals surface area contributed by atoms with E-state index >= 15 is 0 Å². The maximum Gasteiger partial charge on any atom is 0 e. The van der Waals surface area contributed by atoms with Crippen LogP contribution in [-0.2, 0) is 21.1 Å². The second-order valence-electron chi connectivity index (χ2n) is 0. The van der Waals surface area contributed by atoms with Gasteiger partial charge in [0.05, 0.1) is 0 Å². The zero-order valence-corrected chi connectivity index (χ0v) is 10.8. The topological polar surface area (TPSA) is 0 Å². The maximum atomic E-state index is 0. The molecule has 0 atom stereocenters. The quantitative estimate of drug-likeness (QED) is 0.406. The van der Waals surface area contributed by atoms with Crippen molar-refractivity contribution in [2.24, 2.45) is 0 Å². The number of hydrogen-bond donors (Lipinski definition) is 0. The summed E-state index contributed by atoms with van der Waals surface area (Å²) in [6.07, 6.45) is 0. The van der Waals surface area contributed by atoms with Gasteiger partial charge < -0.3 is 0 Å². The predicted octanol–water partition coefficient (Wildman–Crippen LogP) is -1.14. The van der Waals surface area contributed by atoms with Crippen LogP contribution in [0.3, 0.4) is 0 Å². The van der Waals surface area contributed by atoms with Gasteiger partial charge in [0.1, 0.15) is 0 Å². The third-order valence-electron chi connectivity index (χ3n) is 0. The molecule has 0 fully saturated rings. The normalized spacial score (nSPS) is 0. The summed E-state index contributed by atoms with van der Waals surface area (Å²) in [7, 11) is 0. The van der Waals surface area contributed by atoms with E-state index in [1.807, 2.05) is 0 Å². The molecule has 0 aromatic heterocycles. The third kappa shape index (κ3) is 8.82. The van der Waals surface area contributed by atoms with Gasteiger partial charge in [0.2, 0.25) is 0 Å². The summed E-state index contributed by atoms with van der Waals surface area (Å²) < 4.78 is 0. The van der Waals surface area contributed by atoms with Crippen molar-refractivity contribution in [3.05, 3.63) is 0 Å². The first-order chi connectivity index (χ1) is 0. The fraction of sp³-hybridized carbons (Fsp3) is 0. The molecule has 0 aliphatic rings. The molecular weight excluding hydrogens is 455 g/mol. The summed E-state index contributed by atoms with van der Waals surface area (Å²) in [5.41, 5.74) is 0. The van der Waals surface area contributed by atoms with Crippen LogP contribution in [0, 0.1) is 0 Å². The molecule has 4 heteroatoms. The fourth-order valence-electron chi connectivity index (χ4n) is 0. The molecular formula is BiMoSbSi. The Morgan fingerprint density at radius 1 is 1.00 bits per heavy atom. The van der Waals surface area contributed by atoms with E-state index in [1.165, 1.54) is 0 Å². The predicted molar refractivity (Wildman–Crippen MR) is 17.3 cm³/mol. The molecule has 4 heavy (non-hydrogen) atoms. The Balaban J connectivity index is 0. The number of hydrogen-bond acceptors (Lipinski definition) is 0. The minimum Gasteiger partial charge on any atom is 0 e. The van der Waals surface area contributed by atoms with E-state index in [0.29, 0.717) is 0 Å². The Morgan fingerprint density at radius 3 is 1.00 bits per heavy atom. The second kappa shape index (κ2) is 17.5. The molecule has 0 unspecified atom stereocenters. The van der Waals surface area contributed by atoms with E-state index in [-0.39, 0.29) is 82.7 Å². The van der Waals surface area contributed by atoms with Crippen LogP contribution in [0.15, 0.2) is 0 Å². The summed E-state index contributed by atoms with van der Waals surface area (Å²) in [6.45, 7) is 0. The average molecular weight is 455 g/mol. The second-order valence-corrected chi connectivity index (χ2v) is 0. The molecule has 0 N–H and O–H groups in total. The summed E-state index contributed by atoms with van der Waals surface area (Å²) in [5.74, 6) is 0. The van der Waals surface area contributed by atoms with Crippen molar-refractivity contribution < 1.29 is 21.1 Å². The first kappa shape index (κ1) is 30.6. The molecule has 0 aromatic carbocycles. The van der Waals surface area contributed by atoms with Crippen LogP contribution < -0.4 is 0 Å². The molecule has 20 valence electrons. The summed E-state index contributed by atoms with van der Waals surface area (Å²) in [5, 5.41) is 0. The molecule has 0 rings (SSSR count). The van der Waals surface area contributed by atoms with Crippen LogP contribution >= 0.6 is 0 Å². The minimum absolute atomic E-state index is 0. The summed E-state index contributed by atoms with van der Waals surface area (Å²) in [4.78, 5) is 0.